The van der Waals surface area contributed by atoms with E-state index in [9.17, 15) is 0 Å². The smallest absolute Gasteiger partial charge is 0.137 e. The van der Waals surface area contributed by atoms with Crippen LogP contribution in [0.25, 0.3) is 93.2 Å². The molecule has 62 heavy (non-hydrogen) atoms. The first-order chi connectivity index (χ1) is 30.5. The Labute approximate surface area is 359 Å². The summed E-state index contributed by atoms with van der Waals surface area (Å²) in [5.74, 6) is 0. The summed E-state index contributed by atoms with van der Waals surface area (Å²) in [5, 5.41) is 9.61. The van der Waals surface area contributed by atoms with Gasteiger partial charge in [-0.3, -0.25) is 0 Å². The molecular formula is C59H40N2O. The summed E-state index contributed by atoms with van der Waals surface area (Å²) >= 11 is 0. The van der Waals surface area contributed by atoms with Crippen molar-refractivity contribution in [1.82, 2.24) is 4.57 Å². The lowest BCUT2D eigenvalue weighted by atomic mass is 9.82. The number of nitrogens with zero attached hydrogens (tertiary/aromatic N) is 2. The van der Waals surface area contributed by atoms with E-state index in [4.69, 9.17) is 4.42 Å². The molecule has 0 saturated heterocycles. The number of rotatable bonds is 5. The maximum atomic E-state index is 6.72. The molecule has 0 spiro atoms. The van der Waals surface area contributed by atoms with E-state index < -0.39 is 0 Å². The number of furan rings is 1. The standard InChI is InChI=1S/C59H40N2O/c1-59(2)51-19-10-8-17-46(51)47-30-28-43(36-52(47)59)60(42-27-29-45-40(33-42)24-23-37-13-6-7-16-44(37)45)55-21-12-22-57-58(55)50-35-39(26-32-56(50)62-57)38-25-31-54-49(34-38)48-18-9-11-20-53(48)61(54)41-14-4-3-5-15-41/h3-36H,1-2H3. The number of hydrogen-bond donors (Lipinski definition) is 0. The molecule has 12 aromatic rings. The van der Waals surface area contributed by atoms with Crippen LogP contribution in [0.5, 0.6) is 0 Å². The fraction of sp³-hybridized carbons (Fsp3) is 0.0508. The topological polar surface area (TPSA) is 21.3 Å². The molecule has 0 fully saturated rings. The average Bonchev–Trinajstić information content (AvgIpc) is 3.94. The first kappa shape index (κ1) is 34.9. The highest BCUT2D eigenvalue weighted by molar-refractivity contribution is 6.16. The molecule has 0 N–H and O–H groups in total. The van der Waals surface area contributed by atoms with Gasteiger partial charge in [-0.25, -0.2) is 0 Å². The van der Waals surface area contributed by atoms with Crippen LogP contribution in [0.4, 0.5) is 17.1 Å². The predicted molar refractivity (Wildman–Crippen MR) is 261 cm³/mol. The predicted octanol–water partition coefficient (Wildman–Crippen LogP) is 16.4. The van der Waals surface area contributed by atoms with Crippen molar-refractivity contribution in [3.63, 3.8) is 0 Å². The summed E-state index contributed by atoms with van der Waals surface area (Å²) in [6.45, 7) is 4.71. The number of aromatic nitrogens is 1. The number of benzene rings is 10. The van der Waals surface area contributed by atoms with Crippen LogP contribution in [0.1, 0.15) is 25.0 Å². The fourth-order valence-corrected chi connectivity index (χ4v) is 10.6. The van der Waals surface area contributed by atoms with Gasteiger partial charge in [0.05, 0.1) is 22.1 Å². The van der Waals surface area contributed by atoms with E-state index in [0.29, 0.717) is 0 Å². The first-order valence-corrected chi connectivity index (χ1v) is 21.5. The molecule has 0 saturated carbocycles. The van der Waals surface area contributed by atoms with Crippen LogP contribution in [0.3, 0.4) is 0 Å². The number of anilines is 3. The summed E-state index contributed by atoms with van der Waals surface area (Å²) in [6, 6.07) is 75.5. The van der Waals surface area contributed by atoms with Crippen molar-refractivity contribution in [2.24, 2.45) is 0 Å². The normalized spacial score (nSPS) is 13.1. The largest absolute Gasteiger partial charge is 0.456 e. The lowest BCUT2D eigenvalue weighted by Gasteiger charge is -2.29. The summed E-state index contributed by atoms with van der Waals surface area (Å²) in [5.41, 5.74) is 16.1. The molecule has 1 aliphatic carbocycles. The number of hydrogen-bond acceptors (Lipinski definition) is 2. The monoisotopic (exact) mass is 792 g/mol. The lowest BCUT2D eigenvalue weighted by molar-refractivity contribution is 0.660. The Bertz CT molecular complexity index is 3790. The molecule has 292 valence electrons. The number of para-hydroxylation sites is 2. The van der Waals surface area contributed by atoms with Crippen molar-refractivity contribution in [2.45, 2.75) is 19.3 Å². The molecule has 2 aromatic heterocycles. The van der Waals surface area contributed by atoms with Gasteiger partial charge in [0.2, 0.25) is 0 Å². The van der Waals surface area contributed by atoms with Crippen LogP contribution in [-0.2, 0) is 5.41 Å². The van der Waals surface area contributed by atoms with Crippen LogP contribution >= 0.6 is 0 Å². The second-order valence-electron chi connectivity index (χ2n) is 17.3. The molecule has 0 amide bonds. The molecule has 2 heterocycles. The van der Waals surface area contributed by atoms with Gasteiger partial charge >= 0.3 is 0 Å². The van der Waals surface area contributed by atoms with Gasteiger partial charge in [0.1, 0.15) is 11.2 Å². The summed E-state index contributed by atoms with van der Waals surface area (Å²) in [6.07, 6.45) is 0. The minimum Gasteiger partial charge on any atom is -0.456 e. The molecule has 0 radical (unpaired) electrons. The molecular weight excluding hydrogens is 753 g/mol. The zero-order valence-corrected chi connectivity index (χ0v) is 34.4. The Morgan fingerprint density at radius 3 is 2.00 bits per heavy atom. The lowest BCUT2D eigenvalue weighted by Crippen LogP contribution is -2.16. The maximum Gasteiger partial charge on any atom is 0.137 e. The van der Waals surface area contributed by atoms with E-state index in [2.05, 4.69) is 230 Å². The van der Waals surface area contributed by atoms with E-state index in [1.807, 2.05) is 0 Å². The third-order valence-electron chi connectivity index (χ3n) is 13.5. The Hall–Kier alpha value is -7.88. The van der Waals surface area contributed by atoms with E-state index in [1.54, 1.807) is 0 Å². The molecule has 10 aromatic carbocycles. The van der Waals surface area contributed by atoms with Gasteiger partial charge < -0.3 is 13.9 Å². The van der Waals surface area contributed by atoms with Crippen LogP contribution < -0.4 is 4.90 Å². The zero-order valence-electron chi connectivity index (χ0n) is 34.4. The van der Waals surface area contributed by atoms with Gasteiger partial charge in [-0.1, -0.05) is 141 Å². The summed E-state index contributed by atoms with van der Waals surface area (Å²) < 4.78 is 9.10. The molecule has 3 heteroatoms. The Balaban J connectivity index is 1.02. The van der Waals surface area contributed by atoms with Crippen LogP contribution in [-0.4, -0.2) is 4.57 Å². The second-order valence-corrected chi connectivity index (χ2v) is 17.3. The van der Waals surface area contributed by atoms with Crippen molar-refractivity contribution >= 4 is 82.4 Å². The van der Waals surface area contributed by atoms with Crippen molar-refractivity contribution in [3.05, 3.63) is 217 Å². The molecule has 0 atom stereocenters. The van der Waals surface area contributed by atoms with Crippen LogP contribution in [0.15, 0.2) is 211 Å². The van der Waals surface area contributed by atoms with Crippen molar-refractivity contribution in [1.29, 1.82) is 0 Å². The van der Waals surface area contributed by atoms with Gasteiger partial charge in [0.15, 0.2) is 0 Å². The second kappa shape index (κ2) is 13.1. The highest BCUT2D eigenvalue weighted by Gasteiger charge is 2.36. The zero-order chi connectivity index (χ0) is 41.1. The number of fused-ring (bicyclic) bond motifs is 12. The first-order valence-electron chi connectivity index (χ1n) is 21.5. The summed E-state index contributed by atoms with van der Waals surface area (Å²) in [4.78, 5) is 2.45. The third kappa shape index (κ3) is 5.06. The third-order valence-corrected chi connectivity index (χ3v) is 13.5. The van der Waals surface area contributed by atoms with Crippen molar-refractivity contribution in [3.8, 4) is 27.9 Å². The molecule has 0 aliphatic heterocycles. The van der Waals surface area contributed by atoms with Crippen LogP contribution in [0, 0.1) is 0 Å². The van der Waals surface area contributed by atoms with Gasteiger partial charge in [0, 0.05) is 38.6 Å². The Kier molecular flexibility index (Phi) is 7.36. The average molecular weight is 793 g/mol. The van der Waals surface area contributed by atoms with Gasteiger partial charge in [-0.15, -0.1) is 0 Å². The van der Waals surface area contributed by atoms with Crippen molar-refractivity contribution in [2.75, 3.05) is 4.90 Å². The van der Waals surface area contributed by atoms with Gasteiger partial charge in [0.25, 0.3) is 0 Å². The minimum atomic E-state index is -0.145. The maximum absolute atomic E-state index is 6.72. The molecule has 0 unspecified atom stereocenters. The van der Waals surface area contributed by atoms with E-state index >= 15 is 0 Å². The molecule has 1 aliphatic rings. The molecule has 3 nitrogen and oxygen atoms in total. The highest BCUT2D eigenvalue weighted by Crippen LogP contribution is 2.52. The quantitative estimate of drug-likeness (QED) is 0.162. The fourth-order valence-electron chi connectivity index (χ4n) is 10.6. The van der Waals surface area contributed by atoms with E-state index in [1.165, 1.54) is 71.2 Å². The van der Waals surface area contributed by atoms with E-state index in [-0.39, 0.29) is 5.41 Å². The Morgan fingerprint density at radius 2 is 1.10 bits per heavy atom. The SMILES string of the molecule is CC1(C)c2ccccc2-c2ccc(N(c3ccc4c(ccc5ccccc54)c3)c3cccc4oc5ccc(-c6ccc7c(c6)c6ccccc6n7-c6ccccc6)cc5c34)cc21. The van der Waals surface area contributed by atoms with Crippen molar-refractivity contribution < 1.29 is 4.42 Å². The van der Waals surface area contributed by atoms with E-state index in [0.717, 1.165) is 50.3 Å². The molecule has 0 bridgehead atoms. The Morgan fingerprint density at radius 1 is 0.419 bits per heavy atom. The molecule has 13 rings (SSSR count). The van der Waals surface area contributed by atoms with Gasteiger partial charge in [-0.05, 0) is 134 Å². The van der Waals surface area contributed by atoms with Gasteiger partial charge in [-0.2, -0.15) is 0 Å². The van der Waals surface area contributed by atoms with Crippen LogP contribution in [0.2, 0.25) is 0 Å². The highest BCUT2D eigenvalue weighted by atomic mass is 16.3. The summed E-state index contributed by atoms with van der Waals surface area (Å²) in [7, 11) is 0. The minimum absolute atomic E-state index is 0.145.